The smallest absolute Gasteiger partial charge is 0.309 e. The maximum atomic E-state index is 12.7. The first-order valence-corrected chi connectivity index (χ1v) is 10.2. The highest BCUT2D eigenvalue weighted by Crippen LogP contribution is 2.21. The van der Waals surface area contributed by atoms with Crippen LogP contribution in [0.2, 0.25) is 0 Å². The van der Waals surface area contributed by atoms with Crippen LogP contribution in [0.5, 0.6) is 0 Å². The molecule has 6 nitrogen and oxygen atoms in total. The van der Waals surface area contributed by atoms with E-state index in [0.717, 1.165) is 16.7 Å². The van der Waals surface area contributed by atoms with Gasteiger partial charge in [-0.25, -0.2) is 0 Å². The Labute approximate surface area is 177 Å². The van der Waals surface area contributed by atoms with E-state index in [1.165, 1.54) is 0 Å². The van der Waals surface area contributed by atoms with Crippen molar-refractivity contribution in [3.63, 3.8) is 0 Å². The lowest BCUT2D eigenvalue weighted by Gasteiger charge is -2.31. The van der Waals surface area contributed by atoms with E-state index in [1.807, 2.05) is 63.2 Å². The van der Waals surface area contributed by atoms with Gasteiger partial charge in [-0.2, -0.15) is 0 Å². The maximum Gasteiger partial charge on any atom is 0.309 e. The van der Waals surface area contributed by atoms with Gasteiger partial charge in [0.15, 0.2) is 6.61 Å². The molecular weight excluding hydrogens is 380 g/mol. The number of aryl methyl sites for hydroxylation is 3. The molecule has 1 aliphatic rings. The van der Waals surface area contributed by atoms with Crippen molar-refractivity contribution in [2.75, 3.05) is 25.0 Å². The SMILES string of the molecule is Cc1ccc(NC(=O)COC(=O)C2CCN(C(=O)c3ccccc3C)CC2)c(C)c1. The average molecular weight is 408 g/mol. The van der Waals surface area contributed by atoms with Crippen molar-refractivity contribution < 1.29 is 19.1 Å². The second-order valence-electron chi connectivity index (χ2n) is 7.86. The average Bonchev–Trinajstić information content (AvgIpc) is 2.74. The van der Waals surface area contributed by atoms with E-state index < -0.39 is 0 Å². The molecule has 2 amide bonds. The van der Waals surface area contributed by atoms with Gasteiger partial charge in [0.25, 0.3) is 11.8 Å². The Kier molecular flexibility index (Phi) is 6.87. The van der Waals surface area contributed by atoms with Gasteiger partial charge in [0.05, 0.1) is 5.92 Å². The minimum atomic E-state index is -0.381. The van der Waals surface area contributed by atoms with Gasteiger partial charge in [0.2, 0.25) is 0 Å². The Morgan fingerprint density at radius 1 is 1.00 bits per heavy atom. The molecule has 0 aromatic heterocycles. The quantitative estimate of drug-likeness (QED) is 0.767. The summed E-state index contributed by atoms with van der Waals surface area (Å²) in [7, 11) is 0. The van der Waals surface area contributed by atoms with Crippen molar-refractivity contribution in [1.82, 2.24) is 4.90 Å². The summed E-state index contributed by atoms with van der Waals surface area (Å²) < 4.78 is 5.22. The fourth-order valence-corrected chi connectivity index (χ4v) is 3.70. The molecule has 0 atom stereocenters. The molecule has 0 saturated carbocycles. The fraction of sp³-hybridized carbons (Fsp3) is 0.375. The number of carbonyl (C=O) groups is 3. The molecule has 1 heterocycles. The minimum absolute atomic E-state index is 0.00670. The number of amides is 2. The summed E-state index contributed by atoms with van der Waals surface area (Å²) in [6.45, 7) is 6.51. The number of likely N-dealkylation sites (tertiary alicyclic amines) is 1. The molecule has 1 N–H and O–H groups in total. The van der Waals surface area contributed by atoms with Gasteiger partial charge < -0.3 is 15.0 Å². The molecule has 1 saturated heterocycles. The Hall–Kier alpha value is -3.15. The van der Waals surface area contributed by atoms with Crippen LogP contribution in [0.25, 0.3) is 0 Å². The third kappa shape index (κ3) is 5.26. The lowest BCUT2D eigenvalue weighted by Crippen LogP contribution is -2.41. The monoisotopic (exact) mass is 408 g/mol. The van der Waals surface area contributed by atoms with Gasteiger partial charge in [-0.05, 0) is 56.9 Å². The number of piperidine rings is 1. The van der Waals surface area contributed by atoms with Crippen molar-refractivity contribution >= 4 is 23.5 Å². The summed E-state index contributed by atoms with van der Waals surface area (Å²) in [4.78, 5) is 39.0. The van der Waals surface area contributed by atoms with Crippen LogP contribution in [0.15, 0.2) is 42.5 Å². The summed E-state index contributed by atoms with van der Waals surface area (Å²) in [5.41, 5.74) is 4.43. The third-order valence-corrected chi connectivity index (χ3v) is 5.49. The molecule has 158 valence electrons. The summed E-state index contributed by atoms with van der Waals surface area (Å²) in [6, 6.07) is 13.2. The maximum absolute atomic E-state index is 12.7. The van der Waals surface area contributed by atoms with Gasteiger partial charge in [0, 0.05) is 24.3 Å². The van der Waals surface area contributed by atoms with Crippen molar-refractivity contribution in [3.8, 4) is 0 Å². The summed E-state index contributed by atoms with van der Waals surface area (Å²) in [5, 5.41) is 2.77. The van der Waals surface area contributed by atoms with Gasteiger partial charge in [-0.15, -0.1) is 0 Å². The predicted octanol–water partition coefficient (Wildman–Crippen LogP) is 3.65. The number of esters is 1. The van der Waals surface area contributed by atoms with Crippen LogP contribution in [-0.4, -0.2) is 42.4 Å². The summed E-state index contributed by atoms with van der Waals surface area (Å²) in [5.74, 6) is -1.04. The van der Waals surface area contributed by atoms with E-state index in [9.17, 15) is 14.4 Å². The van der Waals surface area contributed by atoms with Crippen molar-refractivity contribution in [2.45, 2.75) is 33.6 Å². The van der Waals surface area contributed by atoms with Gasteiger partial charge in [0.1, 0.15) is 0 Å². The van der Waals surface area contributed by atoms with Crippen molar-refractivity contribution in [2.24, 2.45) is 5.92 Å². The van der Waals surface area contributed by atoms with Crippen LogP contribution in [0, 0.1) is 26.7 Å². The number of carbonyl (C=O) groups excluding carboxylic acids is 3. The van der Waals surface area contributed by atoms with E-state index >= 15 is 0 Å². The Morgan fingerprint density at radius 2 is 1.70 bits per heavy atom. The van der Waals surface area contributed by atoms with E-state index in [0.29, 0.717) is 37.2 Å². The lowest BCUT2D eigenvalue weighted by molar-refractivity contribution is -0.152. The second kappa shape index (κ2) is 9.57. The van der Waals surface area contributed by atoms with E-state index in [4.69, 9.17) is 4.74 Å². The zero-order chi connectivity index (χ0) is 21.7. The van der Waals surface area contributed by atoms with Crippen LogP contribution < -0.4 is 5.32 Å². The molecule has 1 fully saturated rings. The van der Waals surface area contributed by atoms with Gasteiger partial charge >= 0.3 is 5.97 Å². The number of ether oxygens (including phenoxy) is 1. The molecule has 2 aromatic rings. The number of hydrogen-bond donors (Lipinski definition) is 1. The van der Waals surface area contributed by atoms with E-state index in [2.05, 4.69) is 5.32 Å². The largest absolute Gasteiger partial charge is 0.455 e. The second-order valence-corrected chi connectivity index (χ2v) is 7.86. The summed E-state index contributed by atoms with van der Waals surface area (Å²) >= 11 is 0. The first-order valence-electron chi connectivity index (χ1n) is 10.2. The molecule has 3 rings (SSSR count). The minimum Gasteiger partial charge on any atom is -0.455 e. The van der Waals surface area contributed by atoms with Crippen LogP contribution in [0.3, 0.4) is 0 Å². The molecular formula is C24H28N2O4. The molecule has 30 heavy (non-hydrogen) atoms. The number of benzene rings is 2. The molecule has 0 unspecified atom stereocenters. The Balaban J connectivity index is 1.45. The number of anilines is 1. The van der Waals surface area contributed by atoms with Crippen LogP contribution in [0.4, 0.5) is 5.69 Å². The third-order valence-electron chi connectivity index (χ3n) is 5.49. The molecule has 2 aromatic carbocycles. The lowest BCUT2D eigenvalue weighted by atomic mass is 9.96. The first-order chi connectivity index (χ1) is 14.3. The van der Waals surface area contributed by atoms with Gasteiger partial charge in [-0.3, -0.25) is 14.4 Å². The standard InChI is InChI=1S/C24H28N2O4/c1-16-8-9-21(18(3)14-16)25-22(27)15-30-24(29)19-10-12-26(13-11-19)23(28)20-7-5-4-6-17(20)2/h4-9,14,19H,10-13,15H2,1-3H3,(H,25,27). The normalized spacial score (nSPS) is 14.3. The Morgan fingerprint density at radius 3 is 2.37 bits per heavy atom. The molecule has 0 spiro atoms. The zero-order valence-electron chi connectivity index (χ0n) is 17.7. The Bertz CT molecular complexity index is 946. The van der Waals surface area contributed by atoms with Crippen LogP contribution in [-0.2, 0) is 14.3 Å². The fourth-order valence-electron chi connectivity index (χ4n) is 3.70. The van der Waals surface area contributed by atoms with Crippen molar-refractivity contribution in [3.05, 3.63) is 64.7 Å². The topological polar surface area (TPSA) is 75.7 Å². The predicted molar refractivity (Wildman–Crippen MR) is 115 cm³/mol. The number of rotatable bonds is 5. The van der Waals surface area contributed by atoms with Crippen LogP contribution in [0.1, 0.15) is 39.9 Å². The highest BCUT2D eigenvalue weighted by Gasteiger charge is 2.29. The van der Waals surface area contributed by atoms with E-state index in [-0.39, 0.29) is 30.3 Å². The molecule has 6 heteroatoms. The zero-order valence-corrected chi connectivity index (χ0v) is 17.7. The number of hydrogen-bond acceptors (Lipinski definition) is 4. The summed E-state index contributed by atoms with van der Waals surface area (Å²) in [6.07, 6.45) is 1.07. The van der Waals surface area contributed by atoms with Gasteiger partial charge in [-0.1, -0.05) is 35.9 Å². The number of nitrogens with zero attached hydrogens (tertiary/aromatic N) is 1. The number of nitrogens with one attached hydrogen (secondary N) is 1. The van der Waals surface area contributed by atoms with E-state index in [1.54, 1.807) is 4.90 Å². The molecule has 1 aliphatic heterocycles. The van der Waals surface area contributed by atoms with Crippen molar-refractivity contribution in [1.29, 1.82) is 0 Å². The highest BCUT2D eigenvalue weighted by atomic mass is 16.5. The van der Waals surface area contributed by atoms with Crippen LogP contribution >= 0.6 is 0 Å². The highest BCUT2D eigenvalue weighted by molar-refractivity contribution is 5.96. The molecule has 0 bridgehead atoms. The molecule has 0 radical (unpaired) electrons. The first kappa shape index (κ1) is 21.6. The molecule has 0 aliphatic carbocycles.